The van der Waals surface area contributed by atoms with E-state index in [1.807, 2.05) is 4.90 Å². The monoisotopic (exact) mass is 583 g/mol. The van der Waals surface area contributed by atoms with Crippen LogP contribution in [0.4, 0.5) is 11.6 Å². The summed E-state index contributed by atoms with van der Waals surface area (Å²) in [5.41, 5.74) is 6.94. The summed E-state index contributed by atoms with van der Waals surface area (Å²) in [6, 6.07) is 0. The third kappa shape index (κ3) is 6.56. The zero-order chi connectivity index (χ0) is 24.9. The van der Waals surface area contributed by atoms with E-state index in [1.54, 1.807) is 0 Å². The SMILES string of the molecule is CN1CCN(C(N)=Nc2ncnc(Cl)c2Br)CC1.CN1CCN(C2=Nc3ncnc(Cl)c3C2)CC1. The van der Waals surface area contributed by atoms with Gasteiger partial charge in [-0.05, 0) is 30.0 Å². The number of amidine groups is 1. The molecule has 3 aliphatic rings. The molecule has 11 nitrogen and oxygen atoms in total. The van der Waals surface area contributed by atoms with E-state index >= 15 is 0 Å². The Morgan fingerprint density at radius 3 is 2.14 bits per heavy atom. The summed E-state index contributed by atoms with van der Waals surface area (Å²) >= 11 is 15.2. The maximum absolute atomic E-state index is 6.05. The minimum Gasteiger partial charge on any atom is -0.369 e. The topological polar surface area (TPSA) is 115 Å². The Hall–Kier alpha value is -2.12. The number of aromatic nitrogens is 4. The number of likely N-dealkylation sites (N-methyl/N-ethyl adjacent to an activating group) is 2. The van der Waals surface area contributed by atoms with Crippen molar-refractivity contribution in [3.05, 3.63) is 33.0 Å². The molecule has 0 amide bonds. The second-order valence-electron chi connectivity index (χ2n) is 8.52. The molecular formula is C21H28BrCl2N11. The smallest absolute Gasteiger partial charge is 0.198 e. The Bertz CT molecular complexity index is 1100. The van der Waals surface area contributed by atoms with Gasteiger partial charge >= 0.3 is 0 Å². The van der Waals surface area contributed by atoms with Crippen LogP contribution in [0.3, 0.4) is 0 Å². The van der Waals surface area contributed by atoms with Gasteiger partial charge in [-0.2, -0.15) is 4.99 Å². The Morgan fingerprint density at radius 1 is 0.886 bits per heavy atom. The molecule has 0 radical (unpaired) electrons. The number of nitrogens with two attached hydrogens (primary N) is 1. The summed E-state index contributed by atoms with van der Waals surface area (Å²) < 4.78 is 0.559. The van der Waals surface area contributed by atoms with Gasteiger partial charge in [0, 0.05) is 64.3 Å². The van der Waals surface area contributed by atoms with Crippen molar-refractivity contribution in [3.63, 3.8) is 0 Å². The van der Waals surface area contributed by atoms with Gasteiger partial charge in [0.2, 0.25) is 0 Å². The predicted molar refractivity (Wildman–Crippen MR) is 142 cm³/mol. The number of fused-ring (bicyclic) bond motifs is 1. The van der Waals surface area contributed by atoms with Gasteiger partial charge in [0.1, 0.15) is 28.8 Å². The summed E-state index contributed by atoms with van der Waals surface area (Å²) in [4.78, 5) is 33.8. The number of hydrogen-bond donors (Lipinski definition) is 1. The molecule has 5 heterocycles. The van der Waals surface area contributed by atoms with E-state index < -0.39 is 0 Å². The fourth-order valence-electron chi connectivity index (χ4n) is 3.83. The van der Waals surface area contributed by atoms with Crippen molar-refractivity contribution in [3.8, 4) is 0 Å². The van der Waals surface area contributed by atoms with Crippen LogP contribution < -0.4 is 5.73 Å². The van der Waals surface area contributed by atoms with Gasteiger partial charge in [-0.3, -0.25) is 0 Å². The minimum absolute atomic E-state index is 0.329. The van der Waals surface area contributed by atoms with Crippen LogP contribution in [0, 0.1) is 0 Å². The summed E-state index contributed by atoms with van der Waals surface area (Å²) in [5.74, 6) is 2.72. The summed E-state index contributed by atoms with van der Waals surface area (Å²) in [6.07, 6.45) is 3.60. The molecule has 0 spiro atoms. The van der Waals surface area contributed by atoms with Crippen molar-refractivity contribution in [2.24, 2.45) is 15.7 Å². The molecule has 35 heavy (non-hydrogen) atoms. The molecule has 2 fully saturated rings. The summed E-state index contributed by atoms with van der Waals surface area (Å²) in [6.45, 7) is 7.88. The average molecular weight is 585 g/mol. The first-order valence-electron chi connectivity index (χ1n) is 11.3. The third-order valence-corrected chi connectivity index (χ3v) is 7.66. The normalized spacial score (nSPS) is 19.2. The Kier molecular flexibility index (Phi) is 8.71. The van der Waals surface area contributed by atoms with Gasteiger partial charge in [0.05, 0.1) is 4.47 Å². The second-order valence-corrected chi connectivity index (χ2v) is 10.0. The molecule has 14 heteroatoms. The van der Waals surface area contributed by atoms with E-state index in [9.17, 15) is 0 Å². The molecule has 2 N–H and O–H groups in total. The molecule has 0 bridgehead atoms. The first kappa shape index (κ1) is 26.0. The Labute approximate surface area is 223 Å². The van der Waals surface area contributed by atoms with E-state index in [-0.39, 0.29) is 0 Å². The van der Waals surface area contributed by atoms with Gasteiger partial charge in [-0.15, -0.1) is 0 Å². The number of aliphatic imine (C=N–C) groups is 2. The zero-order valence-electron chi connectivity index (χ0n) is 19.7. The lowest BCUT2D eigenvalue weighted by molar-refractivity contribution is 0.214. The highest BCUT2D eigenvalue weighted by Crippen LogP contribution is 2.30. The maximum Gasteiger partial charge on any atom is 0.198 e. The highest BCUT2D eigenvalue weighted by atomic mass is 79.9. The van der Waals surface area contributed by atoms with Crippen LogP contribution in [0.2, 0.25) is 10.3 Å². The fraction of sp³-hybridized carbons (Fsp3) is 0.524. The second kappa shape index (κ2) is 11.7. The van der Waals surface area contributed by atoms with Crippen LogP contribution in [0.25, 0.3) is 0 Å². The fourth-order valence-corrected chi connectivity index (χ4v) is 4.45. The summed E-state index contributed by atoms with van der Waals surface area (Å²) in [5, 5.41) is 0.859. The largest absolute Gasteiger partial charge is 0.369 e. The van der Waals surface area contributed by atoms with Gasteiger partial charge in [-0.1, -0.05) is 23.2 Å². The molecule has 0 unspecified atom stereocenters. The first-order chi connectivity index (χ1) is 16.8. The lowest BCUT2D eigenvalue weighted by Crippen LogP contribution is -2.49. The van der Waals surface area contributed by atoms with Crippen LogP contribution in [0.15, 0.2) is 27.1 Å². The van der Waals surface area contributed by atoms with Crippen LogP contribution in [-0.4, -0.2) is 118 Å². The number of nitrogens with zero attached hydrogens (tertiary/aromatic N) is 10. The molecule has 0 saturated carbocycles. The van der Waals surface area contributed by atoms with Gasteiger partial charge in [-0.25, -0.2) is 24.9 Å². The third-order valence-electron chi connectivity index (χ3n) is 6.08. The van der Waals surface area contributed by atoms with E-state index in [1.165, 1.54) is 12.7 Å². The minimum atomic E-state index is 0.329. The molecule has 2 saturated heterocycles. The Morgan fingerprint density at radius 2 is 1.49 bits per heavy atom. The molecule has 2 aromatic rings. The number of halogens is 3. The van der Waals surface area contributed by atoms with E-state index in [4.69, 9.17) is 28.9 Å². The highest BCUT2D eigenvalue weighted by Gasteiger charge is 2.25. The zero-order valence-corrected chi connectivity index (χ0v) is 22.8. The average Bonchev–Trinajstić information content (AvgIpc) is 3.29. The maximum atomic E-state index is 6.05. The molecule has 2 aromatic heterocycles. The predicted octanol–water partition coefficient (Wildman–Crippen LogP) is 2.05. The molecular weight excluding hydrogens is 557 g/mol. The Balaban J connectivity index is 0.000000165. The van der Waals surface area contributed by atoms with Crippen LogP contribution in [0.5, 0.6) is 0 Å². The van der Waals surface area contributed by atoms with Crippen molar-refractivity contribution >= 4 is 62.6 Å². The van der Waals surface area contributed by atoms with Gasteiger partial charge < -0.3 is 25.3 Å². The van der Waals surface area contributed by atoms with Crippen molar-refractivity contribution in [1.82, 2.24) is 39.5 Å². The number of piperazine rings is 2. The van der Waals surface area contributed by atoms with Crippen molar-refractivity contribution in [1.29, 1.82) is 0 Å². The van der Waals surface area contributed by atoms with Gasteiger partial charge in [0.15, 0.2) is 17.6 Å². The molecule has 5 rings (SSSR count). The standard InChI is InChI=1S/C11H14ClN5.C10H14BrClN6/c1-16-2-4-17(5-3-16)9-6-8-10(12)13-7-14-11(8)15-9;1-17-2-4-18(5-3-17)10(13)16-9-7(11)8(12)14-6-15-9/h7H,2-6H2,1H3;6H,2-5H2,1H3,(H2,13,14,15,16). The quantitative estimate of drug-likeness (QED) is 0.305. The van der Waals surface area contributed by atoms with Crippen molar-refractivity contribution < 1.29 is 0 Å². The molecule has 0 aliphatic carbocycles. The van der Waals surface area contributed by atoms with Crippen molar-refractivity contribution in [2.75, 3.05) is 66.5 Å². The first-order valence-corrected chi connectivity index (χ1v) is 12.8. The van der Waals surface area contributed by atoms with Crippen molar-refractivity contribution in [2.45, 2.75) is 6.42 Å². The molecule has 0 atom stereocenters. The molecule has 3 aliphatic heterocycles. The number of rotatable bonds is 1. The number of hydrogen-bond acceptors (Lipinski definition) is 9. The van der Waals surface area contributed by atoms with Crippen LogP contribution >= 0.6 is 39.1 Å². The van der Waals surface area contributed by atoms with E-state index in [0.29, 0.717) is 26.6 Å². The van der Waals surface area contributed by atoms with Crippen LogP contribution in [0.1, 0.15) is 5.56 Å². The van der Waals surface area contributed by atoms with E-state index in [2.05, 4.69) is 74.6 Å². The highest BCUT2D eigenvalue weighted by molar-refractivity contribution is 9.10. The number of guanidine groups is 1. The van der Waals surface area contributed by atoms with E-state index in [0.717, 1.165) is 76.0 Å². The molecule has 0 aromatic carbocycles. The molecule has 188 valence electrons. The van der Waals surface area contributed by atoms with Crippen LogP contribution in [-0.2, 0) is 6.42 Å². The lowest BCUT2D eigenvalue weighted by Gasteiger charge is -2.33. The lowest BCUT2D eigenvalue weighted by atomic mass is 10.2. The summed E-state index contributed by atoms with van der Waals surface area (Å²) in [7, 11) is 4.23. The van der Waals surface area contributed by atoms with Gasteiger partial charge in [0.25, 0.3) is 0 Å².